The molecule has 0 N–H and O–H groups in total. The van der Waals surface area contributed by atoms with Crippen LogP contribution in [0.15, 0.2) is 78.2 Å². The van der Waals surface area contributed by atoms with Crippen LogP contribution in [0, 0.1) is 0 Å². The Bertz CT molecular complexity index is 726. The van der Waals surface area contributed by atoms with Crippen LogP contribution in [0.5, 0.6) is 0 Å². The predicted molar refractivity (Wildman–Crippen MR) is 90.0 cm³/mol. The molecule has 0 heterocycles. The van der Waals surface area contributed by atoms with E-state index in [1.807, 2.05) is 17.8 Å². The van der Waals surface area contributed by atoms with Crippen molar-refractivity contribution in [2.24, 2.45) is 0 Å². The quantitative estimate of drug-likeness (QED) is 0.545. The van der Waals surface area contributed by atoms with Crippen LogP contribution >= 0.6 is 11.8 Å². The SMILES string of the molecule is C=Cc1ccc(CSc2ccc3ccccc3c2)cc1. The fourth-order valence-electron chi connectivity index (χ4n) is 2.17. The largest absolute Gasteiger partial charge is 0.121 e. The van der Waals surface area contributed by atoms with Gasteiger partial charge in [0.1, 0.15) is 0 Å². The zero-order valence-corrected chi connectivity index (χ0v) is 12.1. The van der Waals surface area contributed by atoms with Crippen molar-refractivity contribution in [1.82, 2.24) is 0 Å². The van der Waals surface area contributed by atoms with Crippen LogP contribution in [0.2, 0.25) is 0 Å². The van der Waals surface area contributed by atoms with E-state index in [0.29, 0.717) is 0 Å². The molecule has 0 aliphatic carbocycles. The molecule has 0 aromatic heterocycles. The number of thioether (sulfide) groups is 1. The Labute approximate surface area is 124 Å². The van der Waals surface area contributed by atoms with E-state index in [-0.39, 0.29) is 0 Å². The number of rotatable bonds is 4. The lowest BCUT2D eigenvalue weighted by atomic mass is 10.1. The molecule has 98 valence electrons. The molecule has 0 fully saturated rings. The summed E-state index contributed by atoms with van der Waals surface area (Å²) in [6, 6.07) is 23.7. The van der Waals surface area contributed by atoms with Crippen molar-refractivity contribution in [2.75, 3.05) is 0 Å². The first-order valence-corrected chi connectivity index (χ1v) is 7.67. The lowest BCUT2D eigenvalue weighted by Crippen LogP contribution is -1.81. The molecule has 0 radical (unpaired) electrons. The first-order chi connectivity index (χ1) is 9.85. The van der Waals surface area contributed by atoms with Crippen LogP contribution in [0.4, 0.5) is 0 Å². The summed E-state index contributed by atoms with van der Waals surface area (Å²) in [7, 11) is 0. The van der Waals surface area contributed by atoms with E-state index in [1.54, 1.807) is 0 Å². The summed E-state index contributed by atoms with van der Waals surface area (Å²) in [6.45, 7) is 3.78. The molecule has 0 aliphatic rings. The maximum absolute atomic E-state index is 3.78. The number of hydrogen-bond acceptors (Lipinski definition) is 1. The second-order valence-corrected chi connectivity index (χ2v) is 5.79. The van der Waals surface area contributed by atoms with Gasteiger partial charge in [-0.05, 0) is 34.0 Å². The topological polar surface area (TPSA) is 0 Å². The summed E-state index contributed by atoms with van der Waals surface area (Å²) in [5.74, 6) is 0.996. The van der Waals surface area contributed by atoms with Gasteiger partial charge in [-0.15, -0.1) is 11.8 Å². The van der Waals surface area contributed by atoms with Crippen molar-refractivity contribution in [1.29, 1.82) is 0 Å². The van der Waals surface area contributed by atoms with E-state index < -0.39 is 0 Å². The third kappa shape index (κ3) is 2.94. The second kappa shape index (κ2) is 5.98. The van der Waals surface area contributed by atoms with Gasteiger partial charge in [0.2, 0.25) is 0 Å². The first-order valence-electron chi connectivity index (χ1n) is 6.68. The van der Waals surface area contributed by atoms with Crippen molar-refractivity contribution in [3.63, 3.8) is 0 Å². The average Bonchev–Trinajstić information content (AvgIpc) is 2.53. The monoisotopic (exact) mass is 276 g/mol. The third-order valence-electron chi connectivity index (χ3n) is 3.34. The lowest BCUT2D eigenvalue weighted by Gasteiger charge is -2.04. The molecular weight excluding hydrogens is 260 g/mol. The smallest absolute Gasteiger partial charge is 0.0232 e. The maximum atomic E-state index is 3.78. The fourth-order valence-corrected chi connectivity index (χ4v) is 3.07. The number of fused-ring (bicyclic) bond motifs is 1. The van der Waals surface area contributed by atoms with Crippen molar-refractivity contribution in [2.45, 2.75) is 10.6 Å². The van der Waals surface area contributed by atoms with Gasteiger partial charge in [-0.2, -0.15) is 0 Å². The van der Waals surface area contributed by atoms with Crippen molar-refractivity contribution in [3.05, 3.63) is 84.4 Å². The molecule has 0 bridgehead atoms. The molecule has 0 nitrogen and oxygen atoms in total. The van der Waals surface area contributed by atoms with Crippen molar-refractivity contribution < 1.29 is 0 Å². The Balaban J connectivity index is 1.74. The normalized spacial score (nSPS) is 10.6. The van der Waals surface area contributed by atoms with Crippen LogP contribution in [0.3, 0.4) is 0 Å². The van der Waals surface area contributed by atoms with E-state index >= 15 is 0 Å². The van der Waals surface area contributed by atoms with E-state index in [0.717, 1.165) is 5.75 Å². The molecule has 0 atom stereocenters. The highest BCUT2D eigenvalue weighted by molar-refractivity contribution is 7.98. The minimum absolute atomic E-state index is 0.996. The predicted octanol–water partition coefficient (Wildman–Crippen LogP) is 5.78. The van der Waals surface area contributed by atoms with Gasteiger partial charge in [0.15, 0.2) is 0 Å². The highest BCUT2D eigenvalue weighted by atomic mass is 32.2. The molecule has 0 aliphatic heterocycles. The third-order valence-corrected chi connectivity index (χ3v) is 4.41. The zero-order valence-electron chi connectivity index (χ0n) is 11.3. The Hall–Kier alpha value is -1.99. The highest BCUT2D eigenvalue weighted by Crippen LogP contribution is 2.26. The summed E-state index contributed by atoms with van der Waals surface area (Å²) in [5.41, 5.74) is 2.51. The van der Waals surface area contributed by atoms with Crippen LogP contribution in [-0.4, -0.2) is 0 Å². The van der Waals surface area contributed by atoms with E-state index in [2.05, 4.69) is 73.3 Å². The highest BCUT2D eigenvalue weighted by Gasteiger charge is 1.99. The molecule has 1 heteroatoms. The summed E-state index contributed by atoms with van der Waals surface area (Å²) in [6.07, 6.45) is 1.88. The fraction of sp³-hybridized carbons (Fsp3) is 0.0526. The van der Waals surface area contributed by atoms with Crippen molar-refractivity contribution in [3.8, 4) is 0 Å². The van der Waals surface area contributed by atoms with Gasteiger partial charge in [0.05, 0.1) is 0 Å². The summed E-state index contributed by atoms with van der Waals surface area (Å²) in [4.78, 5) is 1.32. The Morgan fingerprint density at radius 1 is 0.850 bits per heavy atom. The maximum Gasteiger partial charge on any atom is 0.0232 e. The van der Waals surface area contributed by atoms with Crippen molar-refractivity contribution >= 4 is 28.6 Å². The van der Waals surface area contributed by atoms with Gasteiger partial charge in [0.25, 0.3) is 0 Å². The van der Waals surface area contributed by atoms with Gasteiger partial charge >= 0.3 is 0 Å². The van der Waals surface area contributed by atoms with Crippen LogP contribution in [0.1, 0.15) is 11.1 Å². The molecule has 0 amide bonds. The molecular formula is C19H16S. The second-order valence-electron chi connectivity index (χ2n) is 4.74. The minimum Gasteiger partial charge on any atom is -0.121 e. The molecule has 0 unspecified atom stereocenters. The van der Waals surface area contributed by atoms with Gasteiger partial charge in [-0.1, -0.05) is 67.3 Å². The molecule has 0 saturated carbocycles. The summed E-state index contributed by atoms with van der Waals surface area (Å²) in [5, 5.41) is 2.60. The van der Waals surface area contributed by atoms with Gasteiger partial charge in [0, 0.05) is 10.6 Å². The minimum atomic E-state index is 0.996. The average molecular weight is 276 g/mol. The van der Waals surface area contributed by atoms with Gasteiger partial charge in [-0.3, -0.25) is 0 Å². The molecule has 3 rings (SSSR count). The van der Waals surface area contributed by atoms with Gasteiger partial charge < -0.3 is 0 Å². The molecule has 3 aromatic carbocycles. The van der Waals surface area contributed by atoms with Crippen LogP contribution < -0.4 is 0 Å². The van der Waals surface area contributed by atoms with E-state index in [4.69, 9.17) is 0 Å². The summed E-state index contributed by atoms with van der Waals surface area (Å²) >= 11 is 1.88. The lowest BCUT2D eigenvalue weighted by molar-refractivity contribution is 1.39. The molecule has 20 heavy (non-hydrogen) atoms. The number of hydrogen-bond donors (Lipinski definition) is 0. The Morgan fingerprint density at radius 2 is 1.60 bits per heavy atom. The van der Waals surface area contributed by atoms with Crippen LogP contribution in [0.25, 0.3) is 16.8 Å². The first kappa shape index (κ1) is 13.0. The van der Waals surface area contributed by atoms with Gasteiger partial charge in [-0.25, -0.2) is 0 Å². The Morgan fingerprint density at radius 3 is 2.35 bits per heavy atom. The summed E-state index contributed by atoms with van der Waals surface area (Å²) < 4.78 is 0. The zero-order chi connectivity index (χ0) is 13.8. The molecule has 3 aromatic rings. The van der Waals surface area contributed by atoms with E-state index in [9.17, 15) is 0 Å². The van der Waals surface area contributed by atoms with E-state index in [1.165, 1.54) is 26.8 Å². The number of benzene rings is 3. The molecule has 0 spiro atoms. The molecule has 0 saturated heterocycles. The standard InChI is InChI=1S/C19H16S/c1-2-15-7-9-16(10-8-15)14-20-19-12-11-17-5-3-4-6-18(17)13-19/h2-13H,1,14H2. The van der Waals surface area contributed by atoms with Crippen LogP contribution in [-0.2, 0) is 5.75 Å². The Kier molecular flexibility index (Phi) is 3.89.